The average Bonchev–Trinajstić information content (AvgIpc) is 2.85. The molecule has 34 heavy (non-hydrogen) atoms. The highest BCUT2D eigenvalue weighted by Crippen LogP contribution is 2.28. The van der Waals surface area contributed by atoms with E-state index in [9.17, 15) is 4.79 Å². The van der Waals surface area contributed by atoms with Crippen molar-refractivity contribution < 1.29 is 4.79 Å². The summed E-state index contributed by atoms with van der Waals surface area (Å²) >= 11 is 0. The zero-order valence-corrected chi connectivity index (χ0v) is 19.2. The molecular formula is C30H25N3O. The topological polar surface area (TPSA) is 54.0 Å². The molecule has 0 aliphatic rings. The van der Waals surface area contributed by atoms with Crippen LogP contribution in [0, 0.1) is 13.8 Å². The molecule has 1 amide bonds. The maximum absolute atomic E-state index is 13.4. The third-order valence-corrected chi connectivity index (χ3v) is 5.82. The van der Waals surface area contributed by atoms with Crippen molar-refractivity contribution in [3.05, 3.63) is 120 Å². The number of carbonyl (C=O) groups excluding carboxylic acids is 1. The van der Waals surface area contributed by atoms with Crippen LogP contribution in [-0.4, -0.2) is 10.9 Å². The normalized spacial score (nSPS) is 10.8. The number of hydrogen-bond acceptors (Lipinski definition) is 3. The molecule has 0 spiro atoms. The minimum absolute atomic E-state index is 0.159. The molecule has 0 unspecified atom stereocenters. The van der Waals surface area contributed by atoms with E-state index >= 15 is 0 Å². The van der Waals surface area contributed by atoms with Crippen molar-refractivity contribution in [1.82, 2.24) is 4.98 Å². The fraction of sp³-hybridized carbons (Fsp3) is 0.0667. The first-order valence-electron chi connectivity index (χ1n) is 11.3. The second-order valence-corrected chi connectivity index (χ2v) is 8.41. The van der Waals surface area contributed by atoms with E-state index in [4.69, 9.17) is 4.98 Å². The van der Waals surface area contributed by atoms with Crippen LogP contribution >= 0.6 is 0 Å². The Kier molecular flexibility index (Phi) is 5.79. The number of nitrogens with zero attached hydrogens (tertiary/aromatic N) is 1. The molecule has 5 rings (SSSR count). The Morgan fingerprint density at radius 3 is 2.15 bits per heavy atom. The van der Waals surface area contributed by atoms with Gasteiger partial charge in [-0.25, -0.2) is 4.98 Å². The van der Waals surface area contributed by atoms with Crippen LogP contribution in [0.15, 0.2) is 103 Å². The molecule has 0 radical (unpaired) electrons. The lowest BCUT2D eigenvalue weighted by molar-refractivity contribution is 0.102. The minimum Gasteiger partial charge on any atom is -0.356 e. The lowest BCUT2D eigenvalue weighted by Crippen LogP contribution is -2.13. The summed E-state index contributed by atoms with van der Waals surface area (Å²) in [6.07, 6.45) is 0. The van der Waals surface area contributed by atoms with Gasteiger partial charge in [0.1, 0.15) is 0 Å². The molecular weight excluding hydrogens is 418 g/mol. The molecule has 0 bridgehead atoms. The Balaban J connectivity index is 1.44. The number of hydrogen-bond donors (Lipinski definition) is 2. The van der Waals surface area contributed by atoms with Gasteiger partial charge in [0, 0.05) is 28.0 Å². The van der Waals surface area contributed by atoms with Crippen LogP contribution in [0.25, 0.3) is 22.2 Å². The fourth-order valence-corrected chi connectivity index (χ4v) is 4.13. The second-order valence-electron chi connectivity index (χ2n) is 8.41. The van der Waals surface area contributed by atoms with E-state index in [1.54, 1.807) is 0 Å². The van der Waals surface area contributed by atoms with E-state index in [0.29, 0.717) is 5.56 Å². The summed E-state index contributed by atoms with van der Waals surface area (Å²) in [6, 6.07) is 33.6. The third-order valence-electron chi connectivity index (χ3n) is 5.82. The van der Waals surface area contributed by atoms with E-state index in [1.807, 2.05) is 84.9 Å². The first-order valence-corrected chi connectivity index (χ1v) is 11.3. The first-order chi connectivity index (χ1) is 16.6. The Bertz CT molecular complexity index is 1480. The molecule has 0 saturated heterocycles. The van der Waals surface area contributed by atoms with Gasteiger partial charge >= 0.3 is 0 Å². The van der Waals surface area contributed by atoms with Crippen molar-refractivity contribution in [1.29, 1.82) is 0 Å². The average molecular weight is 444 g/mol. The largest absolute Gasteiger partial charge is 0.356 e. The van der Waals surface area contributed by atoms with Gasteiger partial charge in [0.2, 0.25) is 0 Å². The minimum atomic E-state index is -0.159. The zero-order valence-electron chi connectivity index (χ0n) is 19.2. The number of carbonyl (C=O) groups is 1. The van der Waals surface area contributed by atoms with E-state index in [0.717, 1.165) is 44.8 Å². The number of aryl methyl sites for hydroxylation is 2. The predicted molar refractivity (Wildman–Crippen MR) is 141 cm³/mol. The van der Waals surface area contributed by atoms with Gasteiger partial charge in [0.15, 0.2) is 0 Å². The number of benzene rings is 4. The predicted octanol–water partition coefficient (Wildman–Crippen LogP) is 7.51. The van der Waals surface area contributed by atoms with E-state index in [1.165, 1.54) is 5.56 Å². The number of nitrogens with one attached hydrogen (secondary N) is 2. The lowest BCUT2D eigenvalue weighted by Gasteiger charge is -2.13. The molecule has 2 N–H and O–H groups in total. The van der Waals surface area contributed by atoms with E-state index < -0.39 is 0 Å². The summed E-state index contributed by atoms with van der Waals surface area (Å²) in [5.74, 6) is -0.159. The summed E-state index contributed by atoms with van der Waals surface area (Å²) in [7, 11) is 0. The van der Waals surface area contributed by atoms with Crippen molar-refractivity contribution in [3.8, 4) is 11.3 Å². The molecule has 4 nitrogen and oxygen atoms in total. The van der Waals surface area contributed by atoms with Gasteiger partial charge in [-0.05, 0) is 67.9 Å². The number of fused-ring (bicyclic) bond motifs is 1. The number of aromatic nitrogens is 1. The van der Waals surface area contributed by atoms with Gasteiger partial charge in [-0.15, -0.1) is 0 Å². The summed E-state index contributed by atoms with van der Waals surface area (Å²) in [4.78, 5) is 18.2. The molecule has 0 aliphatic heterocycles. The maximum atomic E-state index is 13.4. The van der Waals surface area contributed by atoms with Gasteiger partial charge in [-0.3, -0.25) is 4.79 Å². The smallest absolute Gasteiger partial charge is 0.256 e. The van der Waals surface area contributed by atoms with Crippen LogP contribution in [0.1, 0.15) is 21.5 Å². The molecule has 5 aromatic rings. The third kappa shape index (κ3) is 4.52. The summed E-state index contributed by atoms with van der Waals surface area (Å²) < 4.78 is 0. The SMILES string of the molecule is Cc1ccc(-c2cc(C(=O)Nc3ccc(Nc4ccccc4)cc3)c3ccccc3n2)c(C)c1. The molecule has 0 saturated carbocycles. The first kappa shape index (κ1) is 21.4. The second kappa shape index (κ2) is 9.20. The Morgan fingerprint density at radius 1 is 0.706 bits per heavy atom. The highest BCUT2D eigenvalue weighted by atomic mass is 16.1. The van der Waals surface area contributed by atoms with Crippen LogP contribution < -0.4 is 10.6 Å². The Labute approximate surface area is 199 Å². The molecule has 166 valence electrons. The van der Waals surface area contributed by atoms with Crippen LogP contribution in [0.3, 0.4) is 0 Å². The van der Waals surface area contributed by atoms with Crippen LogP contribution in [-0.2, 0) is 0 Å². The Morgan fingerprint density at radius 2 is 1.38 bits per heavy atom. The molecule has 0 fully saturated rings. The Hall–Kier alpha value is -4.44. The van der Waals surface area contributed by atoms with Crippen LogP contribution in [0.2, 0.25) is 0 Å². The summed E-state index contributed by atoms with van der Waals surface area (Å²) in [5, 5.41) is 7.23. The van der Waals surface area contributed by atoms with Crippen LogP contribution in [0.4, 0.5) is 17.1 Å². The molecule has 4 heteroatoms. The lowest BCUT2D eigenvalue weighted by atomic mass is 9.99. The van der Waals surface area contributed by atoms with Gasteiger partial charge in [0.25, 0.3) is 5.91 Å². The zero-order chi connectivity index (χ0) is 23.5. The fourth-order valence-electron chi connectivity index (χ4n) is 4.13. The van der Waals surface area contributed by atoms with Gasteiger partial charge in [-0.1, -0.05) is 60.2 Å². The summed E-state index contributed by atoms with van der Waals surface area (Å²) in [5.41, 5.74) is 8.26. The van der Waals surface area contributed by atoms with Crippen molar-refractivity contribution in [2.24, 2.45) is 0 Å². The number of anilines is 3. The van der Waals surface area contributed by atoms with Gasteiger partial charge in [0.05, 0.1) is 16.8 Å². The van der Waals surface area contributed by atoms with Gasteiger partial charge < -0.3 is 10.6 Å². The maximum Gasteiger partial charge on any atom is 0.256 e. The highest BCUT2D eigenvalue weighted by molar-refractivity contribution is 6.13. The summed E-state index contributed by atoms with van der Waals surface area (Å²) in [6.45, 7) is 4.15. The van der Waals surface area contributed by atoms with Crippen molar-refractivity contribution in [2.45, 2.75) is 13.8 Å². The highest BCUT2D eigenvalue weighted by Gasteiger charge is 2.15. The monoisotopic (exact) mass is 443 g/mol. The van der Waals surface area contributed by atoms with Gasteiger partial charge in [-0.2, -0.15) is 0 Å². The number of pyridine rings is 1. The molecule has 0 atom stereocenters. The quantitative estimate of drug-likeness (QED) is 0.295. The molecule has 4 aromatic carbocycles. The molecule has 0 aliphatic carbocycles. The molecule has 1 aromatic heterocycles. The van der Waals surface area contributed by atoms with E-state index in [-0.39, 0.29) is 5.91 Å². The van der Waals surface area contributed by atoms with E-state index in [2.05, 4.69) is 42.7 Å². The number of para-hydroxylation sites is 2. The van der Waals surface area contributed by atoms with Crippen molar-refractivity contribution >= 4 is 33.9 Å². The van der Waals surface area contributed by atoms with Crippen molar-refractivity contribution in [2.75, 3.05) is 10.6 Å². The number of amides is 1. The molecule has 1 heterocycles. The van der Waals surface area contributed by atoms with Crippen molar-refractivity contribution in [3.63, 3.8) is 0 Å². The standard InChI is InChI=1S/C30H25N3O/c1-20-12-17-25(21(2)18-20)29-19-27(26-10-6-7-11-28(26)33-29)30(34)32-24-15-13-23(14-16-24)31-22-8-4-3-5-9-22/h3-19,31H,1-2H3,(H,32,34). The number of rotatable bonds is 5. The van der Waals surface area contributed by atoms with Crippen LogP contribution in [0.5, 0.6) is 0 Å².